The first kappa shape index (κ1) is 15.2. The van der Waals surface area contributed by atoms with Crippen molar-refractivity contribution in [2.24, 2.45) is 0 Å². The van der Waals surface area contributed by atoms with E-state index in [0.29, 0.717) is 0 Å². The van der Waals surface area contributed by atoms with Gasteiger partial charge in [-0.3, -0.25) is 4.90 Å². The second-order valence-corrected chi connectivity index (χ2v) is 7.50. The minimum Gasteiger partial charge on any atom is -0.297 e. The molecule has 0 N–H and O–H groups in total. The fourth-order valence-corrected chi connectivity index (χ4v) is 4.62. The number of fused-ring (bicyclic) bond motifs is 1. The van der Waals surface area contributed by atoms with E-state index >= 15 is 0 Å². The second kappa shape index (κ2) is 6.30. The molecule has 0 amide bonds. The third-order valence-electron chi connectivity index (χ3n) is 5.67. The van der Waals surface area contributed by atoms with E-state index in [2.05, 4.69) is 42.2 Å². The second-order valence-electron chi connectivity index (χ2n) is 7.09. The fraction of sp³-hybridized carbons (Fsp3) is 0.429. The van der Waals surface area contributed by atoms with Crippen molar-refractivity contribution in [2.45, 2.75) is 51.1 Å². The molecule has 0 aromatic heterocycles. The molecule has 1 aliphatic carbocycles. The fourth-order valence-electron chi connectivity index (χ4n) is 4.38. The summed E-state index contributed by atoms with van der Waals surface area (Å²) in [5, 5.41) is 0.840. The van der Waals surface area contributed by atoms with Crippen LogP contribution in [0.2, 0.25) is 5.02 Å². The Kier molecular flexibility index (Phi) is 4.17. The van der Waals surface area contributed by atoms with Crippen molar-refractivity contribution in [1.29, 1.82) is 0 Å². The minimum absolute atomic E-state index is 0.742. The van der Waals surface area contributed by atoms with Gasteiger partial charge >= 0.3 is 0 Å². The quantitative estimate of drug-likeness (QED) is 0.719. The first-order chi connectivity index (χ1) is 11.2. The lowest BCUT2D eigenvalue weighted by Gasteiger charge is -2.35. The molecule has 2 atom stereocenters. The summed E-state index contributed by atoms with van der Waals surface area (Å²) in [5.41, 5.74) is 5.45. The van der Waals surface area contributed by atoms with Crippen LogP contribution in [0.15, 0.2) is 42.5 Å². The average molecular weight is 326 g/mol. The molecule has 1 fully saturated rings. The summed E-state index contributed by atoms with van der Waals surface area (Å²) < 4.78 is 0. The van der Waals surface area contributed by atoms with E-state index in [-0.39, 0.29) is 0 Å². The monoisotopic (exact) mass is 325 g/mol. The lowest BCUT2D eigenvalue weighted by atomic mass is 9.85. The molecular weight excluding hydrogens is 302 g/mol. The Morgan fingerprint density at radius 1 is 1.04 bits per heavy atom. The normalized spacial score (nSPS) is 24.6. The van der Waals surface area contributed by atoms with Gasteiger partial charge in [-0.25, -0.2) is 0 Å². The van der Waals surface area contributed by atoms with E-state index in [9.17, 15) is 0 Å². The van der Waals surface area contributed by atoms with Gasteiger partial charge in [-0.15, -0.1) is 0 Å². The molecule has 2 unspecified atom stereocenters. The minimum atomic E-state index is 0.742. The van der Waals surface area contributed by atoms with Crippen LogP contribution in [0.3, 0.4) is 0 Å². The molecule has 0 spiro atoms. The maximum absolute atomic E-state index is 6.36. The van der Waals surface area contributed by atoms with Crippen molar-refractivity contribution >= 4 is 11.6 Å². The SMILES string of the molecule is CC1CCCN1C1CCc2cc(-c3ccccc3Cl)ccc2C1. The maximum atomic E-state index is 6.36. The average Bonchev–Trinajstić information content (AvgIpc) is 3.00. The first-order valence-electron chi connectivity index (χ1n) is 8.85. The van der Waals surface area contributed by atoms with Crippen LogP contribution in [0.5, 0.6) is 0 Å². The third kappa shape index (κ3) is 2.93. The van der Waals surface area contributed by atoms with Gasteiger partial charge < -0.3 is 0 Å². The highest BCUT2D eigenvalue weighted by atomic mass is 35.5. The summed E-state index contributed by atoms with van der Waals surface area (Å²) in [4.78, 5) is 2.74. The molecule has 2 aromatic rings. The van der Waals surface area contributed by atoms with Crippen molar-refractivity contribution in [2.75, 3.05) is 6.54 Å². The highest BCUT2D eigenvalue weighted by Gasteiger charge is 2.30. The first-order valence-corrected chi connectivity index (χ1v) is 9.22. The highest BCUT2D eigenvalue weighted by molar-refractivity contribution is 6.33. The number of nitrogens with zero attached hydrogens (tertiary/aromatic N) is 1. The number of aryl methyl sites for hydroxylation is 1. The number of rotatable bonds is 2. The lowest BCUT2D eigenvalue weighted by Crippen LogP contribution is -2.41. The Balaban J connectivity index is 1.59. The molecule has 1 saturated heterocycles. The Hall–Kier alpha value is -1.31. The van der Waals surface area contributed by atoms with E-state index in [1.54, 1.807) is 0 Å². The third-order valence-corrected chi connectivity index (χ3v) is 6.00. The van der Waals surface area contributed by atoms with Crippen LogP contribution in [-0.2, 0) is 12.8 Å². The van der Waals surface area contributed by atoms with E-state index in [0.717, 1.165) is 22.7 Å². The summed E-state index contributed by atoms with van der Waals surface area (Å²) in [6, 6.07) is 16.6. The van der Waals surface area contributed by atoms with Gasteiger partial charge in [0, 0.05) is 22.7 Å². The van der Waals surface area contributed by atoms with Gasteiger partial charge in [0.15, 0.2) is 0 Å². The zero-order chi connectivity index (χ0) is 15.8. The van der Waals surface area contributed by atoms with Gasteiger partial charge in [0.2, 0.25) is 0 Å². The van der Waals surface area contributed by atoms with Gasteiger partial charge in [0.1, 0.15) is 0 Å². The molecule has 2 aliphatic rings. The molecule has 4 rings (SSSR count). The zero-order valence-electron chi connectivity index (χ0n) is 13.8. The highest BCUT2D eigenvalue weighted by Crippen LogP contribution is 2.34. The van der Waals surface area contributed by atoms with Crippen LogP contribution >= 0.6 is 11.6 Å². The maximum Gasteiger partial charge on any atom is 0.0484 e. The van der Waals surface area contributed by atoms with Crippen LogP contribution in [0, 0.1) is 0 Å². The molecule has 0 saturated carbocycles. The number of benzene rings is 2. The molecule has 2 aromatic carbocycles. The van der Waals surface area contributed by atoms with Crippen molar-refractivity contribution in [1.82, 2.24) is 4.90 Å². The molecule has 2 heteroatoms. The molecule has 0 bridgehead atoms. The van der Waals surface area contributed by atoms with Gasteiger partial charge in [-0.1, -0.05) is 48.0 Å². The molecule has 120 valence electrons. The number of hydrogen-bond acceptors (Lipinski definition) is 1. The Bertz CT molecular complexity index is 709. The van der Waals surface area contributed by atoms with E-state index in [1.165, 1.54) is 55.3 Å². The van der Waals surface area contributed by atoms with Crippen molar-refractivity contribution in [3.8, 4) is 11.1 Å². The summed E-state index contributed by atoms with van der Waals surface area (Å²) in [7, 11) is 0. The van der Waals surface area contributed by atoms with Crippen LogP contribution in [-0.4, -0.2) is 23.5 Å². The van der Waals surface area contributed by atoms with Gasteiger partial charge in [0.25, 0.3) is 0 Å². The topological polar surface area (TPSA) is 3.24 Å². The van der Waals surface area contributed by atoms with Crippen LogP contribution in [0.1, 0.15) is 37.3 Å². The Morgan fingerprint density at radius 3 is 2.70 bits per heavy atom. The van der Waals surface area contributed by atoms with Gasteiger partial charge in [-0.2, -0.15) is 0 Å². The molecule has 23 heavy (non-hydrogen) atoms. The van der Waals surface area contributed by atoms with Crippen molar-refractivity contribution in [3.63, 3.8) is 0 Å². The molecule has 1 heterocycles. The standard InChI is InChI=1S/C21H24ClN/c1-15-5-4-12-23(15)19-11-10-16-13-18(9-8-17(16)14-19)20-6-2-3-7-21(20)22/h2-3,6-9,13,15,19H,4-5,10-12,14H2,1H3. The molecule has 1 nitrogen and oxygen atoms in total. The van der Waals surface area contributed by atoms with Gasteiger partial charge in [-0.05, 0) is 68.3 Å². The van der Waals surface area contributed by atoms with E-state index < -0.39 is 0 Å². The molecular formula is C21H24ClN. The largest absolute Gasteiger partial charge is 0.297 e. The number of hydrogen-bond donors (Lipinski definition) is 0. The van der Waals surface area contributed by atoms with Crippen LogP contribution in [0.4, 0.5) is 0 Å². The van der Waals surface area contributed by atoms with E-state index in [1.807, 2.05) is 12.1 Å². The summed E-state index contributed by atoms with van der Waals surface area (Å²) in [5.74, 6) is 0. The summed E-state index contributed by atoms with van der Waals surface area (Å²) in [6.45, 7) is 3.68. The van der Waals surface area contributed by atoms with Crippen LogP contribution in [0.25, 0.3) is 11.1 Å². The lowest BCUT2D eigenvalue weighted by molar-refractivity contribution is 0.174. The van der Waals surface area contributed by atoms with Crippen molar-refractivity contribution in [3.05, 3.63) is 58.6 Å². The summed E-state index contributed by atoms with van der Waals surface area (Å²) in [6.07, 6.45) is 6.44. The molecule has 0 radical (unpaired) electrons. The Labute approximate surface area is 144 Å². The predicted molar refractivity (Wildman–Crippen MR) is 98.1 cm³/mol. The van der Waals surface area contributed by atoms with Crippen LogP contribution < -0.4 is 0 Å². The smallest absolute Gasteiger partial charge is 0.0484 e. The number of halogens is 1. The predicted octanol–water partition coefficient (Wildman–Crippen LogP) is 5.35. The van der Waals surface area contributed by atoms with Gasteiger partial charge in [0.05, 0.1) is 0 Å². The summed E-state index contributed by atoms with van der Waals surface area (Å²) >= 11 is 6.36. The Morgan fingerprint density at radius 2 is 1.91 bits per heavy atom. The zero-order valence-corrected chi connectivity index (χ0v) is 14.5. The van der Waals surface area contributed by atoms with Crippen molar-refractivity contribution < 1.29 is 0 Å². The number of likely N-dealkylation sites (tertiary alicyclic amines) is 1. The molecule has 1 aliphatic heterocycles. The van der Waals surface area contributed by atoms with E-state index in [4.69, 9.17) is 11.6 Å².